The predicted octanol–water partition coefficient (Wildman–Crippen LogP) is 4.64. The maximum Gasteiger partial charge on any atom is 0.255 e. The summed E-state index contributed by atoms with van der Waals surface area (Å²) in [6.45, 7) is 0. The first kappa shape index (κ1) is 22.2. The van der Waals surface area contributed by atoms with Crippen LogP contribution in [-0.4, -0.2) is 36.8 Å². The van der Waals surface area contributed by atoms with Crippen LogP contribution in [0.5, 0.6) is 17.2 Å². The second-order valence-electron chi connectivity index (χ2n) is 7.64. The first-order valence-corrected chi connectivity index (χ1v) is 10.6. The molecule has 33 heavy (non-hydrogen) atoms. The number of methoxy groups -OCH3 is 3. The van der Waals surface area contributed by atoms with Crippen molar-refractivity contribution in [1.29, 1.82) is 0 Å². The summed E-state index contributed by atoms with van der Waals surface area (Å²) in [5.74, 6) is 2.00. The van der Waals surface area contributed by atoms with Gasteiger partial charge in [-0.05, 0) is 42.3 Å². The quantitative estimate of drug-likeness (QED) is 0.428. The third-order valence-corrected chi connectivity index (χ3v) is 5.64. The molecule has 0 radical (unpaired) electrons. The number of aromatic nitrogens is 2. The van der Waals surface area contributed by atoms with Gasteiger partial charge < -0.3 is 24.1 Å². The number of hydrogen-bond donors (Lipinski definition) is 1. The maximum atomic E-state index is 12.9. The molecule has 1 amide bonds. The number of fused-ring (bicyclic) bond motifs is 1. The highest BCUT2D eigenvalue weighted by molar-refractivity contribution is 6.05. The van der Waals surface area contributed by atoms with Gasteiger partial charge >= 0.3 is 0 Å². The number of nitrogens with zero attached hydrogens (tertiary/aromatic N) is 2. The fraction of sp³-hybridized carbons (Fsp3) is 0.231. The van der Waals surface area contributed by atoms with Crippen LogP contribution >= 0.6 is 0 Å². The average Bonchev–Trinajstić information content (AvgIpc) is 3.16. The maximum absolute atomic E-state index is 12.9. The van der Waals surface area contributed by atoms with Crippen LogP contribution < -0.4 is 19.5 Å². The zero-order chi connectivity index (χ0) is 23.4. The van der Waals surface area contributed by atoms with E-state index >= 15 is 0 Å². The molecular weight excluding hydrogens is 418 g/mol. The van der Waals surface area contributed by atoms with Crippen LogP contribution in [0.2, 0.25) is 0 Å². The van der Waals surface area contributed by atoms with Crippen LogP contribution in [0.15, 0.2) is 60.7 Å². The van der Waals surface area contributed by atoms with E-state index in [1.165, 1.54) is 26.9 Å². The Morgan fingerprint density at radius 1 is 0.909 bits per heavy atom. The Hall–Kier alpha value is -4.00. The summed E-state index contributed by atoms with van der Waals surface area (Å²) < 4.78 is 18.1. The highest BCUT2D eigenvalue weighted by Crippen LogP contribution is 2.38. The van der Waals surface area contributed by atoms with E-state index in [-0.39, 0.29) is 5.91 Å². The van der Waals surface area contributed by atoms with E-state index in [9.17, 15) is 4.79 Å². The van der Waals surface area contributed by atoms with Gasteiger partial charge in [0.05, 0.1) is 32.4 Å². The molecule has 0 aliphatic carbocycles. The Kier molecular flexibility index (Phi) is 6.49. The minimum atomic E-state index is -0.283. The second-order valence-corrected chi connectivity index (χ2v) is 7.64. The third kappa shape index (κ3) is 4.62. The van der Waals surface area contributed by atoms with Gasteiger partial charge in [-0.1, -0.05) is 30.3 Å². The number of amides is 1. The molecule has 3 aromatic carbocycles. The van der Waals surface area contributed by atoms with Crippen LogP contribution in [0, 0.1) is 0 Å². The minimum Gasteiger partial charge on any atom is -0.493 e. The normalized spacial score (nSPS) is 10.8. The van der Waals surface area contributed by atoms with Gasteiger partial charge in [0, 0.05) is 24.7 Å². The Balaban J connectivity index is 1.55. The molecule has 7 heteroatoms. The van der Waals surface area contributed by atoms with Gasteiger partial charge in [-0.3, -0.25) is 4.79 Å². The molecule has 0 bridgehead atoms. The number of carbonyl (C=O) groups excluding carboxylic acids is 1. The highest BCUT2D eigenvalue weighted by Gasteiger charge is 2.17. The number of carbonyl (C=O) groups is 1. The SMILES string of the molecule is COc1cc(C(=O)Nc2ccc3c(c2)nc(CCc2ccccc2)n3C)cc(OC)c1OC. The number of rotatable bonds is 8. The zero-order valence-electron chi connectivity index (χ0n) is 19.2. The first-order valence-electron chi connectivity index (χ1n) is 10.6. The molecule has 170 valence electrons. The van der Waals surface area contributed by atoms with Gasteiger partial charge in [-0.25, -0.2) is 4.98 Å². The molecule has 0 saturated heterocycles. The van der Waals surface area contributed by atoms with Crippen LogP contribution in [0.25, 0.3) is 11.0 Å². The standard InChI is InChI=1S/C26H27N3O4/c1-29-21-12-11-19(16-20(21)28-24(29)13-10-17-8-6-5-7-9-17)27-26(30)18-14-22(31-2)25(33-4)23(15-18)32-3/h5-9,11-12,14-16H,10,13H2,1-4H3,(H,27,30). The van der Waals surface area contributed by atoms with E-state index in [4.69, 9.17) is 19.2 Å². The third-order valence-electron chi connectivity index (χ3n) is 5.64. The Labute approximate surface area is 192 Å². The molecule has 4 aromatic rings. The molecular formula is C26H27N3O4. The summed E-state index contributed by atoms with van der Waals surface area (Å²) in [5, 5.41) is 2.94. The Morgan fingerprint density at radius 3 is 2.24 bits per heavy atom. The molecule has 1 heterocycles. The van der Waals surface area contributed by atoms with Crippen molar-refractivity contribution in [3.63, 3.8) is 0 Å². The largest absolute Gasteiger partial charge is 0.493 e. The van der Waals surface area contributed by atoms with Crippen LogP contribution in [-0.2, 0) is 19.9 Å². The van der Waals surface area contributed by atoms with Gasteiger partial charge in [-0.2, -0.15) is 0 Å². The van der Waals surface area contributed by atoms with Crippen molar-refractivity contribution < 1.29 is 19.0 Å². The van der Waals surface area contributed by atoms with Crippen LogP contribution in [0.3, 0.4) is 0 Å². The molecule has 0 saturated carbocycles. The fourth-order valence-corrected chi connectivity index (χ4v) is 3.87. The highest BCUT2D eigenvalue weighted by atomic mass is 16.5. The van der Waals surface area contributed by atoms with Crippen LogP contribution in [0.1, 0.15) is 21.7 Å². The first-order chi connectivity index (χ1) is 16.0. The van der Waals surface area contributed by atoms with Gasteiger partial charge in [0.25, 0.3) is 5.91 Å². The summed E-state index contributed by atoms with van der Waals surface area (Å²) in [4.78, 5) is 17.7. The Bertz CT molecular complexity index is 1260. The lowest BCUT2D eigenvalue weighted by Gasteiger charge is -2.14. The summed E-state index contributed by atoms with van der Waals surface area (Å²) in [7, 11) is 6.58. The van der Waals surface area contributed by atoms with E-state index < -0.39 is 0 Å². The molecule has 0 atom stereocenters. The monoisotopic (exact) mass is 445 g/mol. The number of ether oxygens (including phenoxy) is 3. The fourth-order valence-electron chi connectivity index (χ4n) is 3.87. The van der Waals surface area contributed by atoms with Crippen molar-refractivity contribution in [3.8, 4) is 17.2 Å². The number of anilines is 1. The van der Waals surface area contributed by atoms with Crippen molar-refractivity contribution in [2.75, 3.05) is 26.6 Å². The number of imidazole rings is 1. The van der Waals surface area contributed by atoms with E-state index in [1.54, 1.807) is 12.1 Å². The zero-order valence-corrected chi connectivity index (χ0v) is 19.2. The summed E-state index contributed by atoms with van der Waals surface area (Å²) in [6.07, 6.45) is 1.76. The molecule has 0 aliphatic heterocycles. The molecule has 7 nitrogen and oxygen atoms in total. The summed E-state index contributed by atoms with van der Waals surface area (Å²) in [5.41, 5.74) is 4.19. The van der Waals surface area contributed by atoms with E-state index in [2.05, 4.69) is 22.0 Å². The number of aryl methyl sites for hydroxylation is 3. The lowest BCUT2D eigenvalue weighted by atomic mass is 10.1. The average molecular weight is 446 g/mol. The topological polar surface area (TPSA) is 74.6 Å². The van der Waals surface area contributed by atoms with E-state index in [1.807, 2.05) is 43.4 Å². The van der Waals surface area contributed by atoms with Crippen molar-refractivity contribution in [2.24, 2.45) is 7.05 Å². The van der Waals surface area contributed by atoms with Crippen molar-refractivity contribution >= 4 is 22.6 Å². The van der Waals surface area contributed by atoms with Crippen LogP contribution in [0.4, 0.5) is 5.69 Å². The summed E-state index contributed by atoms with van der Waals surface area (Å²) >= 11 is 0. The number of benzene rings is 3. The van der Waals surface area contributed by atoms with E-state index in [0.717, 1.165) is 29.7 Å². The molecule has 1 aromatic heterocycles. The Morgan fingerprint density at radius 2 is 1.61 bits per heavy atom. The van der Waals surface area contributed by atoms with E-state index in [0.29, 0.717) is 28.5 Å². The molecule has 0 aliphatic rings. The molecule has 1 N–H and O–H groups in total. The number of nitrogens with one attached hydrogen (secondary N) is 1. The smallest absolute Gasteiger partial charge is 0.255 e. The lowest BCUT2D eigenvalue weighted by molar-refractivity contribution is 0.102. The minimum absolute atomic E-state index is 0.283. The molecule has 0 spiro atoms. The number of hydrogen-bond acceptors (Lipinski definition) is 5. The van der Waals surface area contributed by atoms with Gasteiger partial charge in [-0.15, -0.1) is 0 Å². The van der Waals surface area contributed by atoms with Crippen molar-refractivity contribution in [3.05, 3.63) is 77.6 Å². The second kappa shape index (κ2) is 9.65. The van der Waals surface area contributed by atoms with Gasteiger partial charge in [0.2, 0.25) is 5.75 Å². The molecule has 4 rings (SSSR count). The van der Waals surface area contributed by atoms with Gasteiger partial charge in [0.1, 0.15) is 5.82 Å². The van der Waals surface area contributed by atoms with Crippen molar-refractivity contribution in [2.45, 2.75) is 12.8 Å². The molecule has 0 unspecified atom stereocenters. The predicted molar refractivity (Wildman–Crippen MR) is 129 cm³/mol. The lowest BCUT2D eigenvalue weighted by Crippen LogP contribution is -2.12. The molecule has 0 fully saturated rings. The van der Waals surface area contributed by atoms with Gasteiger partial charge in [0.15, 0.2) is 11.5 Å². The van der Waals surface area contributed by atoms with Crippen molar-refractivity contribution in [1.82, 2.24) is 9.55 Å². The summed E-state index contributed by atoms with van der Waals surface area (Å²) in [6, 6.07) is 19.3.